The van der Waals surface area contributed by atoms with Crippen molar-refractivity contribution in [2.24, 2.45) is 4.99 Å². The highest BCUT2D eigenvalue weighted by molar-refractivity contribution is 6.31. The van der Waals surface area contributed by atoms with Gasteiger partial charge in [0.05, 0.1) is 22.2 Å². The van der Waals surface area contributed by atoms with Crippen LogP contribution in [0.1, 0.15) is 38.3 Å². The van der Waals surface area contributed by atoms with Gasteiger partial charge in [0.1, 0.15) is 11.2 Å². The maximum Gasteiger partial charge on any atom is 0.145 e. The molecule has 0 atom stereocenters. The Labute approximate surface area is 290 Å². The number of allylic oxidation sites excluding steroid dienone is 5. The average molecular weight is 645 g/mol. The highest BCUT2D eigenvalue weighted by Gasteiger charge is 2.21. The predicted octanol–water partition coefficient (Wildman–Crippen LogP) is 13.2. The van der Waals surface area contributed by atoms with Crippen molar-refractivity contribution in [3.8, 4) is 0 Å². The average Bonchev–Trinajstić information content (AvgIpc) is 3.81. The summed E-state index contributed by atoms with van der Waals surface area (Å²) in [6.07, 6.45) is 9.43. The van der Waals surface area contributed by atoms with Gasteiger partial charge in [0, 0.05) is 43.4 Å². The molecule has 6 aromatic carbocycles. The zero-order chi connectivity index (χ0) is 33.9. The zero-order valence-corrected chi connectivity index (χ0v) is 28.5. The number of furan rings is 1. The molecule has 3 heteroatoms. The van der Waals surface area contributed by atoms with Crippen LogP contribution in [0.5, 0.6) is 0 Å². The maximum absolute atomic E-state index is 6.80. The van der Waals surface area contributed by atoms with E-state index in [1.807, 2.05) is 25.1 Å². The minimum atomic E-state index is 0.863. The van der Waals surface area contributed by atoms with E-state index < -0.39 is 0 Å². The second-order valence-corrected chi connectivity index (χ2v) is 13.1. The molecule has 240 valence electrons. The molecule has 3 heterocycles. The summed E-state index contributed by atoms with van der Waals surface area (Å²) in [5.41, 5.74) is 11.4. The van der Waals surface area contributed by atoms with E-state index in [1.165, 1.54) is 38.1 Å². The fourth-order valence-electron chi connectivity index (χ4n) is 7.75. The van der Waals surface area contributed by atoms with Crippen LogP contribution in [0.4, 0.5) is 0 Å². The summed E-state index contributed by atoms with van der Waals surface area (Å²) in [6, 6.07) is 41.1. The number of nitrogens with zero attached hydrogens (tertiary/aromatic N) is 2. The molecule has 9 aromatic rings. The summed E-state index contributed by atoms with van der Waals surface area (Å²) in [7, 11) is 0. The number of para-hydroxylation sites is 2. The van der Waals surface area contributed by atoms with Crippen LogP contribution in [0.2, 0.25) is 0 Å². The molecule has 0 amide bonds. The van der Waals surface area contributed by atoms with E-state index in [0.717, 1.165) is 72.8 Å². The van der Waals surface area contributed by atoms with Gasteiger partial charge >= 0.3 is 0 Å². The standard InChI is InChI=1S/C47H36N2O/c1-5-13-32(14-6-2)41(48-30(4)31-15-8-7-9-16-31)27-29(3)34-23-26-43-40(28-34)39-25-22-33-21-24-38-37-19-12-18-36-35-17-10-11-20-42(35)49(45(36)37)46(38)44(33)47(39)50-43/h5,7-28H,3,6H2,1-2,4H3/b13-5-,32-14+,41-27-,48-30?. The van der Waals surface area contributed by atoms with Gasteiger partial charge in [0.15, 0.2) is 0 Å². The molecule has 0 aliphatic rings. The third kappa shape index (κ3) is 4.54. The Morgan fingerprint density at radius 1 is 0.740 bits per heavy atom. The molecule has 3 aromatic heterocycles. The Morgan fingerprint density at radius 3 is 2.26 bits per heavy atom. The summed E-state index contributed by atoms with van der Waals surface area (Å²) in [6.45, 7) is 10.8. The van der Waals surface area contributed by atoms with E-state index in [9.17, 15) is 0 Å². The van der Waals surface area contributed by atoms with Gasteiger partial charge in [-0.3, -0.25) is 4.99 Å². The molecular formula is C47H36N2O. The Hall–Kier alpha value is -6.19. The first-order valence-corrected chi connectivity index (χ1v) is 17.4. The zero-order valence-electron chi connectivity index (χ0n) is 28.5. The fraction of sp³-hybridized carbons (Fsp3) is 0.0851. The molecular weight excluding hydrogens is 609 g/mol. The Morgan fingerprint density at radius 2 is 1.46 bits per heavy atom. The largest absolute Gasteiger partial charge is 0.455 e. The lowest BCUT2D eigenvalue weighted by atomic mass is 9.99. The second-order valence-electron chi connectivity index (χ2n) is 13.1. The quantitative estimate of drug-likeness (QED) is 0.125. The highest BCUT2D eigenvalue weighted by Crippen LogP contribution is 2.44. The highest BCUT2D eigenvalue weighted by atomic mass is 16.3. The van der Waals surface area contributed by atoms with Crippen molar-refractivity contribution in [1.82, 2.24) is 4.40 Å². The fourth-order valence-corrected chi connectivity index (χ4v) is 7.75. The van der Waals surface area contributed by atoms with Gasteiger partial charge in [-0.25, -0.2) is 0 Å². The normalized spacial score (nSPS) is 13.5. The van der Waals surface area contributed by atoms with Crippen LogP contribution in [-0.2, 0) is 0 Å². The number of rotatable bonds is 7. The molecule has 50 heavy (non-hydrogen) atoms. The molecule has 0 unspecified atom stereocenters. The predicted molar refractivity (Wildman–Crippen MR) is 215 cm³/mol. The number of benzene rings is 6. The van der Waals surface area contributed by atoms with Crippen molar-refractivity contribution < 1.29 is 4.42 Å². The lowest BCUT2D eigenvalue weighted by Crippen LogP contribution is -1.97. The molecule has 0 radical (unpaired) electrons. The monoisotopic (exact) mass is 644 g/mol. The summed E-state index contributed by atoms with van der Waals surface area (Å²) < 4.78 is 9.25. The molecule has 9 rings (SSSR count). The molecule has 0 fully saturated rings. The lowest BCUT2D eigenvalue weighted by molar-refractivity contribution is 0.673. The molecule has 0 bridgehead atoms. The Balaban J connectivity index is 1.25. The summed E-state index contributed by atoms with van der Waals surface area (Å²) in [5, 5.41) is 9.55. The van der Waals surface area contributed by atoms with Crippen molar-refractivity contribution >= 4 is 82.1 Å². The summed E-state index contributed by atoms with van der Waals surface area (Å²) >= 11 is 0. The van der Waals surface area contributed by atoms with Gasteiger partial charge in [0.2, 0.25) is 0 Å². The minimum absolute atomic E-state index is 0.863. The first kappa shape index (κ1) is 29.9. The smallest absolute Gasteiger partial charge is 0.145 e. The number of hydrogen-bond acceptors (Lipinski definition) is 2. The molecule has 0 saturated carbocycles. The number of hydrogen-bond donors (Lipinski definition) is 0. The molecule has 0 aliphatic carbocycles. The van der Waals surface area contributed by atoms with E-state index in [2.05, 4.69) is 146 Å². The van der Waals surface area contributed by atoms with Gasteiger partial charge in [-0.2, -0.15) is 0 Å². The molecule has 0 aliphatic heterocycles. The number of aliphatic imine (C=N–C) groups is 1. The van der Waals surface area contributed by atoms with E-state index >= 15 is 0 Å². The van der Waals surface area contributed by atoms with Crippen LogP contribution in [0.3, 0.4) is 0 Å². The van der Waals surface area contributed by atoms with Crippen LogP contribution < -0.4 is 0 Å². The Kier molecular flexibility index (Phi) is 7.03. The van der Waals surface area contributed by atoms with Crippen LogP contribution in [0, 0.1) is 0 Å². The van der Waals surface area contributed by atoms with E-state index in [0.29, 0.717) is 0 Å². The van der Waals surface area contributed by atoms with E-state index in [-0.39, 0.29) is 0 Å². The van der Waals surface area contributed by atoms with Crippen LogP contribution >= 0.6 is 0 Å². The molecule has 3 nitrogen and oxygen atoms in total. The van der Waals surface area contributed by atoms with E-state index in [1.54, 1.807) is 0 Å². The SMILES string of the molecule is C=C(/C=C(N=C(C)c1ccccc1)/C(/C=C\C)=C/CC)c1ccc2oc3c(ccc4ccc5c6cccc7c8ccccc8n(c76)c5c43)c2c1. The first-order valence-electron chi connectivity index (χ1n) is 17.4. The third-order valence-corrected chi connectivity index (χ3v) is 10.0. The molecule has 0 N–H and O–H groups in total. The molecule has 0 saturated heterocycles. The second kappa shape index (κ2) is 11.7. The van der Waals surface area contributed by atoms with Gasteiger partial charge in [-0.15, -0.1) is 0 Å². The van der Waals surface area contributed by atoms with Gasteiger partial charge in [-0.1, -0.05) is 123 Å². The van der Waals surface area contributed by atoms with Crippen molar-refractivity contribution in [2.75, 3.05) is 0 Å². The Bertz CT molecular complexity index is 2930. The third-order valence-electron chi connectivity index (χ3n) is 10.0. The summed E-state index contributed by atoms with van der Waals surface area (Å²) in [4.78, 5) is 5.15. The lowest BCUT2D eigenvalue weighted by Gasteiger charge is -2.09. The number of aromatic nitrogens is 1. The molecule has 0 spiro atoms. The van der Waals surface area contributed by atoms with Gasteiger partial charge in [0.25, 0.3) is 0 Å². The maximum atomic E-state index is 6.80. The van der Waals surface area contributed by atoms with Crippen molar-refractivity contribution in [3.63, 3.8) is 0 Å². The summed E-state index contributed by atoms with van der Waals surface area (Å²) in [5.74, 6) is 0. The van der Waals surface area contributed by atoms with Crippen molar-refractivity contribution in [2.45, 2.75) is 27.2 Å². The topological polar surface area (TPSA) is 29.9 Å². The van der Waals surface area contributed by atoms with Crippen LogP contribution in [0.25, 0.3) is 76.4 Å². The van der Waals surface area contributed by atoms with Gasteiger partial charge < -0.3 is 8.82 Å². The minimum Gasteiger partial charge on any atom is -0.455 e. The van der Waals surface area contributed by atoms with Gasteiger partial charge in [-0.05, 0) is 78.3 Å². The van der Waals surface area contributed by atoms with Crippen molar-refractivity contribution in [1.29, 1.82) is 0 Å². The van der Waals surface area contributed by atoms with Crippen LogP contribution in [-0.4, -0.2) is 10.1 Å². The number of fused-ring (bicyclic) bond motifs is 12. The van der Waals surface area contributed by atoms with Crippen LogP contribution in [0.15, 0.2) is 167 Å². The first-order chi connectivity index (χ1) is 24.6. The van der Waals surface area contributed by atoms with E-state index in [4.69, 9.17) is 9.41 Å². The van der Waals surface area contributed by atoms with Crippen molar-refractivity contribution in [3.05, 3.63) is 169 Å².